The van der Waals surface area contributed by atoms with Crippen molar-refractivity contribution in [2.45, 2.75) is 26.4 Å². The predicted molar refractivity (Wildman–Crippen MR) is 122 cm³/mol. The van der Waals surface area contributed by atoms with Crippen LogP contribution in [0.4, 0.5) is 5.82 Å². The molecule has 0 saturated heterocycles. The Kier molecular flexibility index (Phi) is 6.87. The number of rotatable bonds is 8. The van der Waals surface area contributed by atoms with Crippen LogP contribution in [0, 0.1) is 5.92 Å². The molecule has 7 heteroatoms. The average Bonchev–Trinajstić information content (AvgIpc) is 2.77. The summed E-state index contributed by atoms with van der Waals surface area (Å²) in [6, 6.07) is 19.3. The van der Waals surface area contributed by atoms with Gasteiger partial charge in [0.1, 0.15) is 11.4 Å². The number of nitrogens with two attached hydrogens (primary N) is 1. The maximum absolute atomic E-state index is 13.1. The van der Waals surface area contributed by atoms with E-state index in [1.54, 1.807) is 0 Å². The fourth-order valence-electron chi connectivity index (χ4n) is 3.59. The van der Waals surface area contributed by atoms with Gasteiger partial charge in [0.05, 0.1) is 12.6 Å². The molecule has 3 rings (SSSR count). The Labute approximate surface area is 181 Å². The molecule has 1 aromatic heterocycles. The van der Waals surface area contributed by atoms with Crippen LogP contribution in [0.25, 0.3) is 0 Å². The first kappa shape index (κ1) is 22.2. The van der Waals surface area contributed by atoms with Gasteiger partial charge < -0.3 is 5.73 Å². The van der Waals surface area contributed by atoms with Gasteiger partial charge in [0.25, 0.3) is 5.56 Å². The normalized spacial score (nSPS) is 11.3. The standard InChI is InChI=1S/C24H28N4O3/c1-16(2)15-28-22(25)20(23(30)27(3)24(28)31)19(29)14-26-21(17-10-6-4-7-11-17)18-12-8-5-9-13-18/h4-13,16,21,26H,14-15,25H2,1-3H3. The molecule has 0 spiro atoms. The number of nitrogen functional groups attached to an aromatic ring is 1. The van der Waals surface area contributed by atoms with E-state index < -0.39 is 17.0 Å². The SMILES string of the molecule is CC(C)Cn1c(N)c(C(=O)CNC(c2ccccc2)c2ccccc2)c(=O)n(C)c1=O. The van der Waals surface area contributed by atoms with Crippen LogP contribution in [-0.2, 0) is 13.6 Å². The monoisotopic (exact) mass is 420 g/mol. The van der Waals surface area contributed by atoms with Crippen LogP contribution in [0.3, 0.4) is 0 Å². The van der Waals surface area contributed by atoms with Gasteiger partial charge in [-0.3, -0.25) is 24.0 Å². The molecule has 0 fully saturated rings. The molecule has 162 valence electrons. The number of Topliss-reactive ketones (excluding diaryl/α,β-unsaturated/α-hetero) is 1. The lowest BCUT2D eigenvalue weighted by Gasteiger charge is -2.20. The Morgan fingerprint density at radius 2 is 1.48 bits per heavy atom. The number of nitrogens with one attached hydrogen (secondary N) is 1. The van der Waals surface area contributed by atoms with Crippen molar-refractivity contribution >= 4 is 11.6 Å². The van der Waals surface area contributed by atoms with E-state index in [1.165, 1.54) is 11.6 Å². The zero-order chi connectivity index (χ0) is 22.5. The first-order chi connectivity index (χ1) is 14.8. The molecule has 1 heterocycles. The predicted octanol–water partition coefficient (Wildman–Crippen LogP) is 2.35. The van der Waals surface area contributed by atoms with Gasteiger partial charge in [0.15, 0.2) is 5.78 Å². The van der Waals surface area contributed by atoms with Crippen LogP contribution in [0.15, 0.2) is 70.3 Å². The number of ketones is 1. The van der Waals surface area contributed by atoms with Crippen LogP contribution in [-0.4, -0.2) is 21.5 Å². The minimum Gasteiger partial charge on any atom is -0.384 e. The quantitative estimate of drug-likeness (QED) is 0.545. The van der Waals surface area contributed by atoms with Crippen LogP contribution < -0.4 is 22.3 Å². The summed E-state index contributed by atoms with van der Waals surface area (Å²) in [5.74, 6) is -0.406. The van der Waals surface area contributed by atoms with Crippen molar-refractivity contribution in [1.29, 1.82) is 0 Å². The summed E-state index contributed by atoms with van der Waals surface area (Å²) in [7, 11) is 1.36. The number of anilines is 1. The topological polar surface area (TPSA) is 99.1 Å². The minimum atomic E-state index is -0.676. The van der Waals surface area contributed by atoms with E-state index in [0.717, 1.165) is 15.7 Å². The molecule has 3 aromatic rings. The highest BCUT2D eigenvalue weighted by Gasteiger charge is 2.23. The van der Waals surface area contributed by atoms with Gasteiger partial charge in [-0.05, 0) is 17.0 Å². The van der Waals surface area contributed by atoms with Crippen molar-refractivity contribution in [3.05, 3.63) is 98.2 Å². The van der Waals surface area contributed by atoms with Gasteiger partial charge in [-0.2, -0.15) is 0 Å². The van der Waals surface area contributed by atoms with E-state index in [4.69, 9.17) is 5.73 Å². The zero-order valence-corrected chi connectivity index (χ0v) is 18.0. The summed E-state index contributed by atoms with van der Waals surface area (Å²) < 4.78 is 2.24. The smallest absolute Gasteiger partial charge is 0.332 e. The molecule has 2 aromatic carbocycles. The molecule has 0 atom stereocenters. The van der Waals surface area contributed by atoms with Crippen LogP contribution in [0.1, 0.15) is 41.4 Å². The Morgan fingerprint density at radius 1 is 0.968 bits per heavy atom. The second kappa shape index (κ2) is 9.57. The molecule has 3 N–H and O–H groups in total. The van der Waals surface area contributed by atoms with Crippen LogP contribution in [0.5, 0.6) is 0 Å². The highest BCUT2D eigenvalue weighted by Crippen LogP contribution is 2.21. The van der Waals surface area contributed by atoms with E-state index in [0.29, 0.717) is 6.54 Å². The third-order valence-electron chi connectivity index (χ3n) is 5.14. The number of carbonyl (C=O) groups excluding carboxylic acids is 1. The van der Waals surface area contributed by atoms with Gasteiger partial charge in [-0.15, -0.1) is 0 Å². The third-order valence-corrected chi connectivity index (χ3v) is 5.14. The maximum Gasteiger partial charge on any atom is 0.332 e. The number of carbonyl (C=O) groups is 1. The summed E-state index contributed by atoms with van der Waals surface area (Å²) in [4.78, 5) is 38.3. The van der Waals surface area contributed by atoms with Crippen molar-refractivity contribution in [2.24, 2.45) is 13.0 Å². The van der Waals surface area contributed by atoms with E-state index in [2.05, 4.69) is 5.32 Å². The first-order valence-corrected chi connectivity index (χ1v) is 10.3. The van der Waals surface area contributed by atoms with E-state index in [-0.39, 0.29) is 29.9 Å². The van der Waals surface area contributed by atoms with Gasteiger partial charge in [0.2, 0.25) is 0 Å². The second-order valence-electron chi connectivity index (χ2n) is 7.97. The van der Waals surface area contributed by atoms with E-state index in [1.807, 2.05) is 74.5 Å². The summed E-state index contributed by atoms with van der Waals surface area (Å²) >= 11 is 0. The van der Waals surface area contributed by atoms with Gasteiger partial charge in [-0.25, -0.2) is 4.79 Å². The highest BCUT2D eigenvalue weighted by atomic mass is 16.2. The molecule has 0 unspecified atom stereocenters. The molecule has 0 aliphatic rings. The molecule has 0 radical (unpaired) electrons. The number of nitrogens with zero attached hydrogens (tertiary/aromatic N) is 2. The summed E-state index contributed by atoms with van der Waals surface area (Å²) in [6.07, 6.45) is 0. The number of hydrogen-bond donors (Lipinski definition) is 2. The summed E-state index contributed by atoms with van der Waals surface area (Å²) in [5, 5.41) is 3.26. The Bertz CT molecular complexity index is 1130. The number of aromatic nitrogens is 2. The minimum absolute atomic E-state index is 0.0791. The zero-order valence-electron chi connectivity index (χ0n) is 18.0. The van der Waals surface area contributed by atoms with Crippen LogP contribution >= 0.6 is 0 Å². The Hall–Kier alpha value is -3.45. The molecule has 7 nitrogen and oxygen atoms in total. The summed E-state index contributed by atoms with van der Waals surface area (Å²) in [6.45, 7) is 4.09. The number of hydrogen-bond acceptors (Lipinski definition) is 5. The Morgan fingerprint density at radius 3 is 1.97 bits per heavy atom. The van der Waals surface area contributed by atoms with Gasteiger partial charge in [-0.1, -0.05) is 74.5 Å². The molecule has 0 aliphatic carbocycles. The van der Waals surface area contributed by atoms with Gasteiger partial charge in [0, 0.05) is 13.6 Å². The lowest BCUT2D eigenvalue weighted by Crippen LogP contribution is -2.44. The Balaban J connectivity index is 1.94. The van der Waals surface area contributed by atoms with Crippen molar-refractivity contribution in [3.63, 3.8) is 0 Å². The van der Waals surface area contributed by atoms with Crippen molar-refractivity contribution in [3.8, 4) is 0 Å². The molecular weight excluding hydrogens is 392 g/mol. The maximum atomic E-state index is 13.1. The lowest BCUT2D eigenvalue weighted by atomic mass is 9.98. The van der Waals surface area contributed by atoms with E-state index in [9.17, 15) is 14.4 Å². The lowest BCUT2D eigenvalue weighted by molar-refractivity contribution is 0.0986. The van der Waals surface area contributed by atoms with Crippen molar-refractivity contribution < 1.29 is 4.79 Å². The van der Waals surface area contributed by atoms with Crippen molar-refractivity contribution in [2.75, 3.05) is 12.3 Å². The molecule has 0 bridgehead atoms. The number of benzene rings is 2. The molecule has 0 saturated carbocycles. The van der Waals surface area contributed by atoms with Crippen LogP contribution in [0.2, 0.25) is 0 Å². The molecule has 31 heavy (non-hydrogen) atoms. The summed E-state index contributed by atoms with van der Waals surface area (Å²) in [5.41, 5.74) is 6.76. The van der Waals surface area contributed by atoms with Gasteiger partial charge >= 0.3 is 5.69 Å². The fraction of sp³-hybridized carbons (Fsp3) is 0.292. The molecule has 0 aliphatic heterocycles. The molecular formula is C24H28N4O3. The fourth-order valence-corrected chi connectivity index (χ4v) is 3.59. The molecule has 0 amide bonds. The largest absolute Gasteiger partial charge is 0.384 e. The highest BCUT2D eigenvalue weighted by molar-refractivity contribution is 6.01. The first-order valence-electron chi connectivity index (χ1n) is 10.3. The average molecular weight is 421 g/mol. The third kappa shape index (κ3) is 4.83. The van der Waals surface area contributed by atoms with E-state index >= 15 is 0 Å². The second-order valence-corrected chi connectivity index (χ2v) is 7.97. The van der Waals surface area contributed by atoms with Crippen molar-refractivity contribution in [1.82, 2.24) is 14.5 Å².